The molecule has 0 aliphatic carbocycles. The normalized spacial score (nSPS) is 10.4. The standard InChI is InChI=1S/C18H15FN6O3/c1-25(18(28)15-14(16(20)26)22-9-23-15)12-6-7-13(21-8-12)24-17(27)10-2-4-11(19)5-3-10/h2-9H,1H3,(H2,20,26)(H,22,23)(H,21,24,27). The van der Waals surface area contributed by atoms with E-state index >= 15 is 0 Å². The summed E-state index contributed by atoms with van der Waals surface area (Å²) in [5.74, 6) is -2.00. The summed E-state index contributed by atoms with van der Waals surface area (Å²) in [7, 11) is 1.48. The first-order valence-electron chi connectivity index (χ1n) is 8.01. The van der Waals surface area contributed by atoms with Crippen molar-refractivity contribution < 1.29 is 18.8 Å². The maximum Gasteiger partial charge on any atom is 0.279 e. The number of carbonyl (C=O) groups excluding carboxylic acids is 3. The van der Waals surface area contributed by atoms with E-state index < -0.39 is 23.5 Å². The second-order valence-electron chi connectivity index (χ2n) is 5.72. The van der Waals surface area contributed by atoms with Crippen molar-refractivity contribution in [3.8, 4) is 0 Å². The van der Waals surface area contributed by atoms with Crippen molar-refractivity contribution >= 4 is 29.2 Å². The number of hydrogen-bond acceptors (Lipinski definition) is 5. The second kappa shape index (κ2) is 7.66. The van der Waals surface area contributed by atoms with Gasteiger partial charge in [-0.25, -0.2) is 14.4 Å². The molecule has 3 rings (SSSR count). The van der Waals surface area contributed by atoms with Crippen molar-refractivity contribution in [3.63, 3.8) is 0 Å². The average Bonchev–Trinajstić information content (AvgIpc) is 3.18. The summed E-state index contributed by atoms with van der Waals surface area (Å²) in [4.78, 5) is 47.6. The number of halogens is 1. The average molecular weight is 382 g/mol. The van der Waals surface area contributed by atoms with E-state index in [0.29, 0.717) is 5.69 Å². The molecule has 2 heterocycles. The Kier molecular flexibility index (Phi) is 5.12. The highest BCUT2D eigenvalue weighted by molar-refractivity contribution is 6.10. The van der Waals surface area contributed by atoms with E-state index in [-0.39, 0.29) is 22.8 Å². The molecule has 0 saturated heterocycles. The van der Waals surface area contributed by atoms with Crippen molar-refractivity contribution in [2.24, 2.45) is 5.73 Å². The molecular weight excluding hydrogens is 367 g/mol. The number of anilines is 2. The number of benzene rings is 1. The highest BCUT2D eigenvalue weighted by Crippen LogP contribution is 2.17. The number of H-pyrrole nitrogens is 1. The largest absolute Gasteiger partial charge is 0.364 e. The third-order valence-corrected chi connectivity index (χ3v) is 3.88. The number of imidazole rings is 1. The molecule has 142 valence electrons. The fourth-order valence-corrected chi connectivity index (χ4v) is 2.37. The van der Waals surface area contributed by atoms with Crippen LogP contribution in [0.3, 0.4) is 0 Å². The number of hydrogen-bond donors (Lipinski definition) is 3. The van der Waals surface area contributed by atoms with Crippen LogP contribution in [0, 0.1) is 5.82 Å². The smallest absolute Gasteiger partial charge is 0.279 e. The maximum absolute atomic E-state index is 12.9. The lowest BCUT2D eigenvalue weighted by Gasteiger charge is -2.16. The van der Waals surface area contributed by atoms with Crippen molar-refractivity contribution in [2.45, 2.75) is 0 Å². The van der Waals surface area contributed by atoms with E-state index in [2.05, 4.69) is 20.3 Å². The molecule has 0 unspecified atom stereocenters. The van der Waals surface area contributed by atoms with E-state index in [0.717, 1.165) is 0 Å². The van der Waals surface area contributed by atoms with Gasteiger partial charge in [-0.15, -0.1) is 0 Å². The lowest BCUT2D eigenvalue weighted by Crippen LogP contribution is -2.29. The number of nitrogens with one attached hydrogen (secondary N) is 2. The topological polar surface area (TPSA) is 134 Å². The minimum Gasteiger partial charge on any atom is -0.364 e. The fourth-order valence-electron chi connectivity index (χ4n) is 2.37. The molecule has 0 radical (unpaired) electrons. The molecule has 0 aliphatic heterocycles. The molecule has 10 heteroatoms. The third kappa shape index (κ3) is 3.85. The van der Waals surface area contributed by atoms with Gasteiger partial charge in [0, 0.05) is 12.6 Å². The number of amides is 3. The zero-order chi connectivity index (χ0) is 20.3. The molecule has 2 aromatic heterocycles. The Morgan fingerprint density at radius 3 is 2.43 bits per heavy atom. The van der Waals surface area contributed by atoms with Gasteiger partial charge < -0.3 is 20.9 Å². The molecule has 0 saturated carbocycles. The third-order valence-electron chi connectivity index (χ3n) is 3.88. The Labute approximate surface area is 158 Å². The molecule has 0 spiro atoms. The van der Waals surface area contributed by atoms with Crippen molar-refractivity contribution in [3.05, 3.63) is 71.7 Å². The van der Waals surface area contributed by atoms with Crippen LogP contribution in [-0.4, -0.2) is 39.7 Å². The van der Waals surface area contributed by atoms with Gasteiger partial charge in [0.15, 0.2) is 5.69 Å². The highest BCUT2D eigenvalue weighted by Gasteiger charge is 2.22. The Morgan fingerprint density at radius 2 is 1.82 bits per heavy atom. The van der Waals surface area contributed by atoms with Gasteiger partial charge in [-0.05, 0) is 36.4 Å². The molecule has 4 N–H and O–H groups in total. The number of nitrogens with zero attached hydrogens (tertiary/aromatic N) is 3. The van der Waals surface area contributed by atoms with E-state index in [1.807, 2.05) is 0 Å². The Balaban J connectivity index is 1.72. The SMILES string of the molecule is CN(C(=O)c1nc[nH]c1C(N)=O)c1ccc(NC(=O)c2ccc(F)cc2)nc1. The predicted octanol–water partition coefficient (Wildman–Crippen LogP) is 1.57. The number of pyridine rings is 1. The van der Waals surface area contributed by atoms with Crippen molar-refractivity contribution in [1.82, 2.24) is 15.0 Å². The molecule has 9 nitrogen and oxygen atoms in total. The van der Waals surface area contributed by atoms with Crippen LogP contribution in [0.1, 0.15) is 31.3 Å². The summed E-state index contributed by atoms with van der Waals surface area (Å²) in [5.41, 5.74) is 5.69. The molecule has 28 heavy (non-hydrogen) atoms. The lowest BCUT2D eigenvalue weighted by molar-refractivity contribution is 0.0958. The van der Waals surface area contributed by atoms with Gasteiger partial charge >= 0.3 is 0 Å². The monoisotopic (exact) mass is 382 g/mol. The summed E-state index contributed by atoms with van der Waals surface area (Å²) in [6.07, 6.45) is 2.57. The van der Waals surface area contributed by atoms with E-state index in [4.69, 9.17) is 5.73 Å². The second-order valence-corrected chi connectivity index (χ2v) is 5.72. The van der Waals surface area contributed by atoms with Crippen LogP contribution in [0.5, 0.6) is 0 Å². The van der Waals surface area contributed by atoms with E-state index in [1.54, 1.807) is 6.07 Å². The predicted molar refractivity (Wildman–Crippen MR) is 98.4 cm³/mol. The van der Waals surface area contributed by atoms with Crippen molar-refractivity contribution in [1.29, 1.82) is 0 Å². The van der Waals surface area contributed by atoms with Crippen LogP contribution in [-0.2, 0) is 0 Å². The van der Waals surface area contributed by atoms with Crippen molar-refractivity contribution in [2.75, 3.05) is 17.3 Å². The zero-order valence-corrected chi connectivity index (χ0v) is 14.6. The molecule has 1 aromatic carbocycles. The number of primary amides is 1. The number of nitrogens with two attached hydrogens (primary N) is 1. The number of aromatic nitrogens is 3. The first-order valence-corrected chi connectivity index (χ1v) is 8.01. The summed E-state index contributed by atoms with van der Waals surface area (Å²) in [6, 6.07) is 8.13. The van der Waals surface area contributed by atoms with Gasteiger partial charge in [0.2, 0.25) is 0 Å². The van der Waals surface area contributed by atoms with E-state index in [1.165, 1.54) is 54.8 Å². The molecule has 3 aromatic rings. The van der Waals surface area contributed by atoms with Crippen LogP contribution in [0.2, 0.25) is 0 Å². The number of aromatic amines is 1. The summed E-state index contributed by atoms with van der Waals surface area (Å²) in [5, 5.41) is 2.57. The summed E-state index contributed by atoms with van der Waals surface area (Å²) in [6.45, 7) is 0. The Morgan fingerprint density at radius 1 is 1.11 bits per heavy atom. The number of rotatable bonds is 5. The van der Waals surface area contributed by atoms with Crippen LogP contribution < -0.4 is 16.0 Å². The van der Waals surface area contributed by atoms with E-state index in [9.17, 15) is 18.8 Å². The fraction of sp³-hybridized carbons (Fsp3) is 0.0556. The van der Waals surface area contributed by atoms with Gasteiger partial charge in [0.25, 0.3) is 17.7 Å². The first kappa shape index (κ1) is 18.7. The van der Waals surface area contributed by atoms with Gasteiger partial charge in [-0.3, -0.25) is 14.4 Å². The van der Waals surface area contributed by atoms with Crippen LogP contribution in [0.4, 0.5) is 15.9 Å². The maximum atomic E-state index is 12.9. The number of carbonyl (C=O) groups is 3. The highest BCUT2D eigenvalue weighted by atomic mass is 19.1. The Hall–Kier alpha value is -4.08. The molecule has 0 fully saturated rings. The minimum atomic E-state index is -0.800. The lowest BCUT2D eigenvalue weighted by atomic mass is 10.2. The zero-order valence-electron chi connectivity index (χ0n) is 14.6. The van der Waals surface area contributed by atoms with Crippen LogP contribution in [0.25, 0.3) is 0 Å². The summed E-state index contributed by atoms with van der Waals surface area (Å²) < 4.78 is 12.9. The van der Waals surface area contributed by atoms with Gasteiger partial charge in [0.05, 0.1) is 18.2 Å². The molecule has 0 aliphatic rings. The van der Waals surface area contributed by atoms with Crippen LogP contribution in [0.15, 0.2) is 48.9 Å². The van der Waals surface area contributed by atoms with Gasteiger partial charge in [-0.2, -0.15) is 0 Å². The molecule has 0 bridgehead atoms. The van der Waals surface area contributed by atoms with Gasteiger partial charge in [0.1, 0.15) is 17.3 Å². The van der Waals surface area contributed by atoms with Crippen LogP contribution >= 0.6 is 0 Å². The molecule has 0 atom stereocenters. The minimum absolute atomic E-state index is 0.0898. The quantitative estimate of drug-likeness (QED) is 0.616. The summed E-state index contributed by atoms with van der Waals surface area (Å²) >= 11 is 0. The van der Waals surface area contributed by atoms with Gasteiger partial charge in [-0.1, -0.05) is 0 Å². The Bertz CT molecular complexity index is 1030. The molecular formula is C18H15FN6O3. The first-order chi connectivity index (χ1) is 13.4. The molecule has 3 amide bonds.